The largest absolute Gasteiger partial charge is 0.495 e. The van der Waals surface area contributed by atoms with Gasteiger partial charge in [-0.2, -0.15) is 0 Å². The third kappa shape index (κ3) is 5.18. The standard InChI is InChI=1S/C28H28ClN3O3S/c1-35-25-5-3-2-4-24(25)30-14-16-31(17-15-30)27(34)21-8-10-22(11-9-21)28-32(26(33)19-36-28)18-20-6-12-23(29)13-7-20/h2-13,28H,14-19H2,1H3/t28-/m1/s1. The number of ether oxygens (including phenoxy) is 1. The van der Waals surface area contributed by atoms with Crippen LogP contribution in [0.3, 0.4) is 0 Å². The van der Waals surface area contributed by atoms with Crippen molar-refractivity contribution in [2.24, 2.45) is 0 Å². The van der Waals surface area contributed by atoms with Crippen molar-refractivity contribution in [2.45, 2.75) is 11.9 Å². The maximum atomic E-state index is 13.2. The van der Waals surface area contributed by atoms with Gasteiger partial charge >= 0.3 is 0 Å². The molecular formula is C28H28ClN3O3S. The molecule has 5 rings (SSSR count). The average molecular weight is 522 g/mol. The number of piperazine rings is 1. The molecule has 3 aromatic carbocycles. The summed E-state index contributed by atoms with van der Waals surface area (Å²) in [7, 11) is 1.68. The molecule has 0 unspecified atom stereocenters. The highest BCUT2D eigenvalue weighted by Gasteiger charge is 2.33. The molecule has 0 saturated carbocycles. The number of hydrogen-bond acceptors (Lipinski definition) is 5. The molecule has 0 radical (unpaired) electrons. The summed E-state index contributed by atoms with van der Waals surface area (Å²) in [5.41, 5.74) is 3.79. The van der Waals surface area contributed by atoms with Gasteiger partial charge in [-0.05, 0) is 47.5 Å². The predicted octanol–water partition coefficient (Wildman–Crippen LogP) is 5.09. The Bertz CT molecular complexity index is 1230. The third-order valence-corrected chi connectivity index (χ3v) is 8.18. The van der Waals surface area contributed by atoms with E-state index in [0.29, 0.717) is 36.0 Å². The number of carbonyl (C=O) groups is 2. The van der Waals surface area contributed by atoms with Gasteiger partial charge < -0.3 is 19.4 Å². The highest BCUT2D eigenvalue weighted by molar-refractivity contribution is 8.00. The molecule has 2 aliphatic rings. The van der Waals surface area contributed by atoms with Crippen molar-refractivity contribution >= 4 is 40.9 Å². The fourth-order valence-electron chi connectivity index (χ4n) is 4.70. The molecule has 3 aromatic rings. The Labute approximate surface area is 220 Å². The van der Waals surface area contributed by atoms with Crippen LogP contribution >= 0.6 is 23.4 Å². The summed E-state index contributed by atoms with van der Waals surface area (Å²) in [5.74, 6) is 1.46. The van der Waals surface area contributed by atoms with Crippen LogP contribution in [0.1, 0.15) is 26.9 Å². The van der Waals surface area contributed by atoms with E-state index >= 15 is 0 Å². The SMILES string of the molecule is COc1ccccc1N1CCN(C(=O)c2ccc([C@H]3SCC(=O)N3Cc3ccc(Cl)cc3)cc2)CC1. The van der Waals surface area contributed by atoms with Crippen molar-refractivity contribution < 1.29 is 14.3 Å². The summed E-state index contributed by atoms with van der Waals surface area (Å²) in [6.45, 7) is 3.35. The van der Waals surface area contributed by atoms with Gasteiger partial charge in [-0.15, -0.1) is 11.8 Å². The molecule has 186 valence electrons. The van der Waals surface area contributed by atoms with Crippen LogP contribution in [0.4, 0.5) is 5.69 Å². The van der Waals surface area contributed by atoms with Crippen molar-refractivity contribution in [1.29, 1.82) is 0 Å². The zero-order chi connectivity index (χ0) is 25.1. The van der Waals surface area contributed by atoms with Gasteiger partial charge in [0.15, 0.2) is 0 Å². The second-order valence-electron chi connectivity index (χ2n) is 8.88. The Morgan fingerprint density at radius 1 is 0.972 bits per heavy atom. The fourth-order valence-corrected chi connectivity index (χ4v) is 6.02. The first-order valence-corrected chi connectivity index (χ1v) is 13.4. The minimum atomic E-state index is -0.0678. The average Bonchev–Trinajstić information content (AvgIpc) is 3.29. The minimum absolute atomic E-state index is 0.0365. The Balaban J connectivity index is 1.22. The van der Waals surface area contributed by atoms with Gasteiger partial charge in [-0.25, -0.2) is 0 Å². The van der Waals surface area contributed by atoms with E-state index in [0.717, 1.165) is 35.7 Å². The third-order valence-electron chi connectivity index (χ3n) is 6.67. The fraction of sp³-hybridized carbons (Fsp3) is 0.286. The Morgan fingerprint density at radius 3 is 2.36 bits per heavy atom. The maximum absolute atomic E-state index is 13.2. The smallest absolute Gasteiger partial charge is 0.253 e. The number of benzene rings is 3. The van der Waals surface area contributed by atoms with Gasteiger partial charge in [-0.1, -0.05) is 48.0 Å². The summed E-state index contributed by atoms with van der Waals surface area (Å²) in [6.07, 6.45) is 0. The highest BCUT2D eigenvalue weighted by atomic mass is 35.5. The van der Waals surface area contributed by atoms with Crippen molar-refractivity contribution in [3.63, 3.8) is 0 Å². The number of rotatable bonds is 6. The zero-order valence-electron chi connectivity index (χ0n) is 20.1. The molecule has 0 aromatic heterocycles. The first-order valence-electron chi connectivity index (χ1n) is 12.0. The molecule has 2 fully saturated rings. The molecule has 8 heteroatoms. The van der Waals surface area contributed by atoms with Gasteiger partial charge in [0.1, 0.15) is 11.1 Å². The second-order valence-corrected chi connectivity index (χ2v) is 10.4. The van der Waals surface area contributed by atoms with Crippen LogP contribution in [0.15, 0.2) is 72.8 Å². The van der Waals surface area contributed by atoms with Crippen LogP contribution < -0.4 is 9.64 Å². The van der Waals surface area contributed by atoms with Crippen LogP contribution in [0.25, 0.3) is 0 Å². The molecule has 2 aliphatic heterocycles. The van der Waals surface area contributed by atoms with Crippen molar-refractivity contribution in [3.8, 4) is 5.75 Å². The molecule has 0 bridgehead atoms. The van der Waals surface area contributed by atoms with E-state index in [9.17, 15) is 9.59 Å². The van der Waals surface area contributed by atoms with E-state index < -0.39 is 0 Å². The monoisotopic (exact) mass is 521 g/mol. The highest BCUT2D eigenvalue weighted by Crippen LogP contribution is 2.39. The van der Waals surface area contributed by atoms with Crippen LogP contribution in [0, 0.1) is 0 Å². The summed E-state index contributed by atoms with van der Waals surface area (Å²) in [6, 6.07) is 23.3. The van der Waals surface area contributed by atoms with E-state index in [2.05, 4.69) is 11.0 Å². The van der Waals surface area contributed by atoms with Gasteiger partial charge in [0.2, 0.25) is 5.91 Å². The molecule has 2 heterocycles. The number of carbonyl (C=O) groups excluding carboxylic acids is 2. The molecule has 6 nitrogen and oxygen atoms in total. The lowest BCUT2D eigenvalue weighted by atomic mass is 10.1. The maximum Gasteiger partial charge on any atom is 0.253 e. The molecular weight excluding hydrogens is 494 g/mol. The minimum Gasteiger partial charge on any atom is -0.495 e. The molecule has 0 N–H and O–H groups in total. The molecule has 36 heavy (non-hydrogen) atoms. The predicted molar refractivity (Wildman–Crippen MR) is 145 cm³/mol. The number of methoxy groups -OCH3 is 1. The quantitative estimate of drug-likeness (QED) is 0.452. The first-order chi connectivity index (χ1) is 17.5. The lowest BCUT2D eigenvalue weighted by molar-refractivity contribution is -0.128. The molecule has 2 amide bonds. The number of hydrogen-bond donors (Lipinski definition) is 0. The Hall–Kier alpha value is -3.16. The Morgan fingerprint density at radius 2 is 1.67 bits per heavy atom. The van der Waals surface area contributed by atoms with Gasteiger partial charge in [0.05, 0.1) is 18.6 Å². The molecule has 0 aliphatic carbocycles. The van der Waals surface area contributed by atoms with E-state index in [4.69, 9.17) is 16.3 Å². The normalized spacial score (nSPS) is 18.0. The number of thioether (sulfide) groups is 1. The van der Waals surface area contributed by atoms with Crippen LogP contribution in [-0.2, 0) is 11.3 Å². The number of halogens is 1. The van der Waals surface area contributed by atoms with E-state index in [1.165, 1.54) is 0 Å². The van der Waals surface area contributed by atoms with Gasteiger partial charge in [-0.3, -0.25) is 9.59 Å². The van der Waals surface area contributed by atoms with E-state index in [-0.39, 0.29) is 17.2 Å². The lowest BCUT2D eigenvalue weighted by Gasteiger charge is -2.36. The number of nitrogens with zero attached hydrogens (tertiary/aromatic N) is 3. The molecule has 0 spiro atoms. The van der Waals surface area contributed by atoms with Crippen LogP contribution in [-0.4, -0.2) is 60.7 Å². The Kier molecular flexibility index (Phi) is 7.39. The molecule has 2 saturated heterocycles. The van der Waals surface area contributed by atoms with E-state index in [1.807, 2.05) is 76.5 Å². The summed E-state index contributed by atoms with van der Waals surface area (Å²) >= 11 is 7.62. The summed E-state index contributed by atoms with van der Waals surface area (Å²) < 4.78 is 5.49. The van der Waals surface area contributed by atoms with Gasteiger partial charge in [0.25, 0.3) is 5.91 Å². The summed E-state index contributed by atoms with van der Waals surface area (Å²) in [5, 5.41) is 0.612. The number of anilines is 1. The topological polar surface area (TPSA) is 53.1 Å². The van der Waals surface area contributed by atoms with Crippen molar-refractivity contribution in [1.82, 2.24) is 9.80 Å². The van der Waals surface area contributed by atoms with E-state index in [1.54, 1.807) is 18.9 Å². The van der Waals surface area contributed by atoms with Crippen LogP contribution in [0.5, 0.6) is 5.75 Å². The van der Waals surface area contributed by atoms with Crippen LogP contribution in [0.2, 0.25) is 5.02 Å². The summed E-state index contributed by atoms with van der Waals surface area (Å²) in [4.78, 5) is 31.8. The number of amides is 2. The van der Waals surface area contributed by atoms with Crippen molar-refractivity contribution in [2.75, 3.05) is 43.9 Å². The molecule has 1 atom stereocenters. The first kappa shape index (κ1) is 24.5. The second kappa shape index (κ2) is 10.8. The zero-order valence-corrected chi connectivity index (χ0v) is 21.7. The number of para-hydroxylation sites is 2. The van der Waals surface area contributed by atoms with Gasteiger partial charge in [0, 0.05) is 43.3 Å². The van der Waals surface area contributed by atoms with Crippen molar-refractivity contribution in [3.05, 3.63) is 94.5 Å². The lowest BCUT2D eigenvalue weighted by Crippen LogP contribution is -2.48.